The molecule has 2 heterocycles. The van der Waals surface area contributed by atoms with E-state index in [9.17, 15) is 0 Å². The van der Waals surface area contributed by atoms with Crippen molar-refractivity contribution in [3.8, 4) is 0 Å². The van der Waals surface area contributed by atoms with Crippen LogP contribution in [0.2, 0.25) is 0 Å². The Morgan fingerprint density at radius 3 is 3.07 bits per heavy atom. The molecule has 0 atom stereocenters. The standard InChI is InChI=1S/C10H11IN2OS/c11-9-2-1-8(14-9)7-12-4-3-10-13-5-6-15-10/h1-2,5-6,12H,3-4,7H2. The quantitative estimate of drug-likeness (QED) is 0.675. The summed E-state index contributed by atoms with van der Waals surface area (Å²) in [4.78, 5) is 4.22. The van der Waals surface area contributed by atoms with Crippen LogP contribution < -0.4 is 5.32 Å². The summed E-state index contributed by atoms with van der Waals surface area (Å²) < 4.78 is 6.37. The molecular formula is C10H11IN2OS. The van der Waals surface area contributed by atoms with E-state index >= 15 is 0 Å². The summed E-state index contributed by atoms with van der Waals surface area (Å²) in [6.07, 6.45) is 2.82. The average Bonchev–Trinajstić information content (AvgIpc) is 2.84. The van der Waals surface area contributed by atoms with E-state index in [1.54, 1.807) is 11.3 Å². The lowest BCUT2D eigenvalue weighted by atomic mass is 10.4. The third kappa shape index (κ3) is 3.58. The van der Waals surface area contributed by atoms with Gasteiger partial charge in [0.25, 0.3) is 0 Å². The van der Waals surface area contributed by atoms with Crippen LogP contribution >= 0.6 is 33.9 Å². The fraction of sp³-hybridized carbons (Fsp3) is 0.300. The summed E-state index contributed by atoms with van der Waals surface area (Å²) >= 11 is 3.86. The first-order chi connectivity index (χ1) is 7.34. The van der Waals surface area contributed by atoms with Gasteiger partial charge in [-0.2, -0.15) is 0 Å². The predicted molar refractivity (Wildman–Crippen MR) is 68.9 cm³/mol. The number of rotatable bonds is 5. The molecule has 3 nitrogen and oxygen atoms in total. The van der Waals surface area contributed by atoms with Gasteiger partial charge in [-0.05, 0) is 34.7 Å². The lowest BCUT2D eigenvalue weighted by Gasteiger charge is -1.99. The molecule has 5 heteroatoms. The Bertz CT molecular complexity index is 399. The second-order valence-corrected chi connectivity index (χ2v) is 5.10. The first-order valence-corrected chi connectivity index (χ1v) is 6.64. The molecule has 0 saturated heterocycles. The molecule has 0 saturated carbocycles. The molecule has 0 aliphatic carbocycles. The van der Waals surface area contributed by atoms with E-state index in [0.717, 1.165) is 29.0 Å². The number of thiazole rings is 1. The van der Waals surface area contributed by atoms with Gasteiger partial charge in [-0.1, -0.05) is 0 Å². The van der Waals surface area contributed by atoms with Crippen molar-refractivity contribution >= 4 is 33.9 Å². The Balaban J connectivity index is 1.67. The van der Waals surface area contributed by atoms with Crippen molar-refractivity contribution in [1.82, 2.24) is 10.3 Å². The van der Waals surface area contributed by atoms with Gasteiger partial charge in [0.2, 0.25) is 0 Å². The van der Waals surface area contributed by atoms with Crippen LogP contribution in [-0.2, 0) is 13.0 Å². The normalized spacial score (nSPS) is 10.7. The monoisotopic (exact) mass is 334 g/mol. The van der Waals surface area contributed by atoms with Gasteiger partial charge >= 0.3 is 0 Å². The maximum absolute atomic E-state index is 5.43. The molecule has 0 fully saturated rings. The van der Waals surface area contributed by atoms with Gasteiger partial charge < -0.3 is 9.73 Å². The number of aromatic nitrogens is 1. The van der Waals surface area contributed by atoms with Gasteiger partial charge in [0.15, 0.2) is 3.77 Å². The Morgan fingerprint density at radius 2 is 2.40 bits per heavy atom. The summed E-state index contributed by atoms with van der Waals surface area (Å²) in [5, 5.41) is 6.50. The van der Waals surface area contributed by atoms with Crippen LogP contribution in [0.5, 0.6) is 0 Å². The van der Waals surface area contributed by atoms with Crippen molar-refractivity contribution in [3.05, 3.63) is 38.2 Å². The lowest BCUT2D eigenvalue weighted by molar-refractivity contribution is 0.464. The van der Waals surface area contributed by atoms with Crippen molar-refractivity contribution in [1.29, 1.82) is 0 Å². The van der Waals surface area contributed by atoms with Crippen LogP contribution in [0.4, 0.5) is 0 Å². The molecule has 0 aliphatic rings. The molecule has 0 aromatic carbocycles. The zero-order chi connectivity index (χ0) is 10.5. The zero-order valence-electron chi connectivity index (χ0n) is 8.07. The molecule has 1 N–H and O–H groups in total. The van der Waals surface area contributed by atoms with Crippen LogP contribution in [0.1, 0.15) is 10.8 Å². The van der Waals surface area contributed by atoms with Gasteiger partial charge in [-0.15, -0.1) is 11.3 Å². The lowest BCUT2D eigenvalue weighted by Crippen LogP contribution is -2.16. The van der Waals surface area contributed by atoms with Crippen LogP contribution in [0.3, 0.4) is 0 Å². The molecule has 2 aromatic heterocycles. The highest BCUT2D eigenvalue weighted by Crippen LogP contribution is 2.09. The minimum Gasteiger partial charge on any atom is -0.454 e. The summed E-state index contributed by atoms with van der Waals surface area (Å²) in [6.45, 7) is 1.72. The van der Waals surface area contributed by atoms with Crippen molar-refractivity contribution in [2.45, 2.75) is 13.0 Å². The molecule has 2 aromatic rings. The highest BCUT2D eigenvalue weighted by atomic mass is 127. The Kier molecular flexibility index (Phi) is 4.16. The molecule has 80 valence electrons. The zero-order valence-corrected chi connectivity index (χ0v) is 11.0. The molecule has 0 aliphatic heterocycles. The van der Waals surface area contributed by atoms with Gasteiger partial charge in [0.05, 0.1) is 11.6 Å². The number of hydrogen-bond donors (Lipinski definition) is 1. The largest absolute Gasteiger partial charge is 0.454 e. The SMILES string of the molecule is Ic1ccc(CNCCc2nccs2)o1. The third-order valence-corrected chi connectivity index (χ3v) is 3.35. The number of halogens is 1. The predicted octanol–water partition coefficient (Wildman–Crippen LogP) is 2.67. The van der Waals surface area contributed by atoms with Gasteiger partial charge in [0, 0.05) is 24.5 Å². The molecule has 15 heavy (non-hydrogen) atoms. The van der Waals surface area contributed by atoms with Gasteiger partial charge in [-0.25, -0.2) is 4.98 Å². The Morgan fingerprint density at radius 1 is 1.47 bits per heavy atom. The second kappa shape index (κ2) is 5.62. The van der Waals surface area contributed by atoms with E-state index < -0.39 is 0 Å². The fourth-order valence-corrected chi connectivity index (χ4v) is 2.31. The highest BCUT2D eigenvalue weighted by Gasteiger charge is 1.99. The van der Waals surface area contributed by atoms with E-state index in [1.165, 1.54) is 5.01 Å². The summed E-state index contributed by atoms with van der Waals surface area (Å²) in [7, 11) is 0. The number of nitrogens with one attached hydrogen (secondary N) is 1. The molecular weight excluding hydrogens is 323 g/mol. The van der Waals surface area contributed by atoms with Crippen LogP contribution in [0.15, 0.2) is 28.1 Å². The summed E-state index contributed by atoms with van der Waals surface area (Å²) in [5.74, 6) is 0.985. The second-order valence-electron chi connectivity index (χ2n) is 3.06. The summed E-state index contributed by atoms with van der Waals surface area (Å²) in [5.41, 5.74) is 0. The molecule has 2 rings (SSSR count). The number of furan rings is 1. The minimum atomic E-state index is 0.786. The molecule has 0 radical (unpaired) electrons. The topological polar surface area (TPSA) is 38.1 Å². The van der Waals surface area contributed by atoms with E-state index in [4.69, 9.17) is 4.42 Å². The maximum Gasteiger partial charge on any atom is 0.164 e. The van der Waals surface area contributed by atoms with Gasteiger partial charge in [0.1, 0.15) is 5.76 Å². The average molecular weight is 334 g/mol. The smallest absolute Gasteiger partial charge is 0.164 e. The Hall–Kier alpha value is -0.400. The molecule has 0 bridgehead atoms. The molecule has 0 unspecified atom stereocenters. The minimum absolute atomic E-state index is 0.786. The third-order valence-electron chi connectivity index (χ3n) is 1.93. The van der Waals surface area contributed by atoms with Crippen molar-refractivity contribution < 1.29 is 4.42 Å². The van der Waals surface area contributed by atoms with Crippen molar-refractivity contribution in [2.24, 2.45) is 0 Å². The van der Waals surface area contributed by atoms with Crippen LogP contribution in [0, 0.1) is 3.77 Å². The Labute approximate surface area is 106 Å². The van der Waals surface area contributed by atoms with Crippen molar-refractivity contribution in [3.63, 3.8) is 0 Å². The number of nitrogens with zero attached hydrogens (tertiary/aromatic N) is 1. The van der Waals surface area contributed by atoms with Crippen molar-refractivity contribution in [2.75, 3.05) is 6.54 Å². The molecule has 0 amide bonds. The number of hydrogen-bond acceptors (Lipinski definition) is 4. The van der Waals surface area contributed by atoms with Gasteiger partial charge in [-0.3, -0.25) is 0 Å². The maximum atomic E-state index is 5.43. The first kappa shape index (κ1) is 11.1. The molecule has 0 spiro atoms. The van der Waals surface area contributed by atoms with E-state index in [0.29, 0.717) is 0 Å². The van der Waals surface area contributed by atoms with Crippen LogP contribution in [-0.4, -0.2) is 11.5 Å². The highest BCUT2D eigenvalue weighted by molar-refractivity contribution is 14.1. The summed E-state index contributed by atoms with van der Waals surface area (Å²) in [6, 6.07) is 3.97. The van der Waals surface area contributed by atoms with Crippen LogP contribution in [0.25, 0.3) is 0 Å². The van der Waals surface area contributed by atoms with E-state index in [1.807, 2.05) is 23.7 Å². The van der Waals surface area contributed by atoms with E-state index in [2.05, 4.69) is 32.9 Å². The van der Waals surface area contributed by atoms with E-state index in [-0.39, 0.29) is 0 Å². The fourth-order valence-electron chi connectivity index (χ4n) is 1.23. The first-order valence-electron chi connectivity index (χ1n) is 4.68.